The third-order valence-electron chi connectivity index (χ3n) is 2.16. The fourth-order valence-corrected chi connectivity index (χ4v) is 2.10. The van der Waals surface area contributed by atoms with E-state index in [1.807, 2.05) is 0 Å². The van der Waals surface area contributed by atoms with Gasteiger partial charge in [0.25, 0.3) is 0 Å². The van der Waals surface area contributed by atoms with Crippen LogP contribution in [0.5, 0.6) is 0 Å². The summed E-state index contributed by atoms with van der Waals surface area (Å²) in [4.78, 5) is 11.9. The highest BCUT2D eigenvalue weighted by atomic mass is 32.2. The minimum atomic E-state index is -0.290. The quantitative estimate of drug-likeness (QED) is 0.761. The fourth-order valence-electron chi connectivity index (χ4n) is 1.25. The topological polar surface area (TPSA) is 100 Å². The van der Waals surface area contributed by atoms with Gasteiger partial charge in [-0.1, -0.05) is 0 Å². The van der Waals surface area contributed by atoms with E-state index >= 15 is 0 Å². The van der Waals surface area contributed by atoms with Gasteiger partial charge in [-0.05, 0) is 30.0 Å². The van der Waals surface area contributed by atoms with Crippen LogP contribution in [-0.2, 0) is 7.05 Å². The van der Waals surface area contributed by atoms with E-state index in [9.17, 15) is 4.79 Å². The fraction of sp³-hybridized carbons (Fsp3) is 0.100. The number of nitrogens with one attached hydrogen (secondary N) is 1. The summed E-state index contributed by atoms with van der Waals surface area (Å²) in [6, 6.07) is 7.08. The normalized spacial score (nSPS) is 10.1. The SMILES string of the molecule is Cn1c(Sc2ccc(N)cc2C#N)n[nH]c1=O. The molecule has 2 rings (SSSR count). The first-order valence-electron chi connectivity index (χ1n) is 4.70. The molecule has 0 saturated heterocycles. The molecule has 0 bridgehead atoms. The number of H-pyrrole nitrogens is 1. The first-order valence-corrected chi connectivity index (χ1v) is 5.52. The van der Waals surface area contributed by atoms with Gasteiger partial charge in [0, 0.05) is 17.6 Å². The molecular formula is C10H9N5OS. The van der Waals surface area contributed by atoms with Crippen LogP contribution in [-0.4, -0.2) is 14.8 Å². The molecule has 0 atom stereocenters. The number of aromatic amines is 1. The van der Waals surface area contributed by atoms with Gasteiger partial charge in [-0.15, -0.1) is 5.10 Å². The molecule has 1 aromatic heterocycles. The second-order valence-corrected chi connectivity index (χ2v) is 4.35. The summed E-state index contributed by atoms with van der Waals surface area (Å²) in [5, 5.41) is 15.7. The lowest BCUT2D eigenvalue weighted by Gasteiger charge is -2.03. The first kappa shape index (κ1) is 11.3. The smallest absolute Gasteiger partial charge is 0.343 e. The van der Waals surface area contributed by atoms with Crippen LogP contribution in [0.2, 0.25) is 0 Å². The lowest BCUT2D eigenvalue weighted by atomic mass is 10.2. The number of benzene rings is 1. The highest BCUT2D eigenvalue weighted by molar-refractivity contribution is 7.99. The number of aromatic nitrogens is 3. The molecule has 0 fully saturated rings. The van der Waals surface area contributed by atoms with E-state index in [1.54, 1.807) is 25.2 Å². The van der Waals surface area contributed by atoms with Crippen molar-refractivity contribution in [3.05, 3.63) is 34.2 Å². The minimum Gasteiger partial charge on any atom is -0.399 e. The van der Waals surface area contributed by atoms with E-state index in [4.69, 9.17) is 11.0 Å². The monoisotopic (exact) mass is 247 g/mol. The van der Waals surface area contributed by atoms with E-state index in [-0.39, 0.29) is 5.69 Å². The summed E-state index contributed by atoms with van der Waals surface area (Å²) in [6.07, 6.45) is 0. The van der Waals surface area contributed by atoms with Crippen molar-refractivity contribution in [2.45, 2.75) is 10.1 Å². The van der Waals surface area contributed by atoms with Gasteiger partial charge < -0.3 is 5.73 Å². The number of nitrogens with zero attached hydrogens (tertiary/aromatic N) is 3. The van der Waals surface area contributed by atoms with Gasteiger partial charge in [0.1, 0.15) is 6.07 Å². The zero-order valence-electron chi connectivity index (χ0n) is 8.97. The summed E-state index contributed by atoms with van der Waals surface area (Å²) < 4.78 is 1.38. The van der Waals surface area contributed by atoms with Crippen molar-refractivity contribution in [3.63, 3.8) is 0 Å². The van der Waals surface area contributed by atoms with Gasteiger partial charge in [0.05, 0.1) is 5.56 Å². The third-order valence-corrected chi connectivity index (χ3v) is 3.29. The zero-order chi connectivity index (χ0) is 12.4. The van der Waals surface area contributed by atoms with Gasteiger partial charge in [-0.25, -0.2) is 9.89 Å². The Kier molecular flexibility index (Phi) is 2.89. The molecule has 0 aliphatic heterocycles. The Morgan fingerprint density at radius 1 is 1.59 bits per heavy atom. The molecule has 6 nitrogen and oxygen atoms in total. The second-order valence-electron chi connectivity index (χ2n) is 3.34. The molecule has 1 heterocycles. The third kappa shape index (κ3) is 2.16. The summed E-state index contributed by atoms with van der Waals surface area (Å²) in [5.74, 6) is 0. The van der Waals surface area contributed by atoms with Crippen LogP contribution in [0.4, 0.5) is 5.69 Å². The minimum absolute atomic E-state index is 0.290. The molecule has 0 radical (unpaired) electrons. The zero-order valence-corrected chi connectivity index (χ0v) is 9.78. The predicted molar refractivity (Wildman–Crippen MR) is 63.5 cm³/mol. The van der Waals surface area contributed by atoms with Crippen molar-refractivity contribution in [3.8, 4) is 6.07 Å². The van der Waals surface area contributed by atoms with Crippen molar-refractivity contribution in [1.29, 1.82) is 5.26 Å². The van der Waals surface area contributed by atoms with Crippen LogP contribution >= 0.6 is 11.8 Å². The van der Waals surface area contributed by atoms with E-state index < -0.39 is 0 Å². The van der Waals surface area contributed by atoms with Crippen molar-refractivity contribution >= 4 is 17.4 Å². The van der Waals surface area contributed by atoms with Gasteiger partial charge in [0.15, 0.2) is 5.16 Å². The molecule has 86 valence electrons. The number of hydrogen-bond donors (Lipinski definition) is 2. The Bertz CT molecular complexity index is 651. The Morgan fingerprint density at radius 3 is 2.94 bits per heavy atom. The predicted octanol–water partition coefficient (Wildman–Crippen LogP) is 0.713. The highest BCUT2D eigenvalue weighted by Gasteiger charge is 2.10. The Hall–Kier alpha value is -2.20. The second kappa shape index (κ2) is 4.35. The number of nitriles is 1. The summed E-state index contributed by atoms with van der Waals surface area (Å²) in [5.41, 5.74) is 6.30. The maximum absolute atomic E-state index is 11.2. The van der Waals surface area contributed by atoms with Gasteiger partial charge in [0.2, 0.25) is 0 Å². The number of nitrogens with two attached hydrogens (primary N) is 1. The molecule has 17 heavy (non-hydrogen) atoms. The summed E-state index contributed by atoms with van der Waals surface area (Å²) in [7, 11) is 1.61. The number of nitrogen functional groups attached to an aromatic ring is 1. The van der Waals surface area contributed by atoms with Crippen LogP contribution in [0.3, 0.4) is 0 Å². The molecule has 2 aromatic rings. The number of anilines is 1. The number of rotatable bonds is 2. The molecule has 0 amide bonds. The average molecular weight is 247 g/mol. The standard InChI is InChI=1S/C10H9N5OS/c1-15-9(16)13-14-10(15)17-8-3-2-7(12)4-6(8)5-11/h2-4H,12H2,1H3,(H,13,16). The van der Waals surface area contributed by atoms with Crippen molar-refractivity contribution in [2.75, 3.05) is 5.73 Å². The van der Waals surface area contributed by atoms with Crippen LogP contribution in [0, 0.1) is 11.3 Å². The van der Waals surface area contributed by atoms with Gasteiger partial charge in [-0.3, -0.25) is 4.57 Å². The molecular weight excluding hydrogens is 238 g/mol. The van der Waals surface area contributed by atoms with Crippen LogP contribution in [0.1, 0.15) is 5.56 Å². The maximum atomic E-state index is 11.2. The molecule has 0 saturated carbocycles. The first-order chi connectivity index (χ1) is 8.11. The van der Waals surface area contributed by atoms with Crippen molar-refractivity contribution in [2.24, 2.45) is 7.05 Å². The van der Waals surface area contributed by atoms with Crippen LogP contribution < -0.4 is 11.4 Å². The Morgan fingerprint density at radius 2 is 2.35 bits per heavy atom. The average Bonchev–Trinajstić information content (AvgIpc) is 2.63. The van der Waals surface area contributed by atoms with E-state index in [0.29, 0.717) is 21.3 Å². The molecule has 3 N–H and O–H groups in total. The van der Waals surface area contributed by atoms with Gasteiger partial charge >= 0.3 is 5.69 Å². The van der Waals surface area contributed by atoms with Crippen molar-refractivity contribution < 1.29 is 0 Å². The highest BCUT2D eigenvalue weighted by Crippen LogP contribution is 2.28. The lowest BCUT2D eigenvalue weighted by Crippen LogP contribution is -2.12. The van der Waals surface area contributed by atoms with Gasteiger partial charge in [-0.2, -0.15) is 5.26 Å². The molecule has 0 spiro atoms. The van der Waals surface area contributed by atoms with E-state index in [2.05, 4.69) is 16.3 Å². The van der Waals surface area contributed by atoms with E-state index in [1.165, 1.54) is 16.3 Å². The number of hydrogen-bond acceptors (Lipinski definition) is 5. The molecule has 7 heteroatoms. The summed E-state index contributed by atoms with van der Waals surface area (Å²) in [6.45, 7) is 0. The lowest BCUT2D eigenvalue weighted by molar-refractivity contribution is 0.766. The molecule has 0 unspecified atom stereocenters. The van der Waals surface area contributed by atoms with Crippen LogP contribution in [0.25, 0.3) is 0 Å². The Balaban J connectivity index is 2.40. The molecule has 0 aliphatic rings. The maximum Gasteiger partial charge on any atom is 0.343 e. The summed E-state index contributed by atoms with van der Waals surface area (Å²) >= 11 is 1.24. The van der Waals surface area contributed by atoms with Crippen molar-refractivity contribution in [1.82, 2.24) is 14.8 Å². The molecule has 1 aromatic carbocycles. The van der Waals surface area contributed by atoms with Crippen LogP contribution in [0.15, 0.2) is 33.0 Å². The molecule has 0 aliphatic carbocycles. The van der Waals surface area contributed by atoms with E-state index in [0.717, 1.165) is 0 Å². The largest absolute Gasteiger partial charge is 0.399 e. The Labute approximate surface area is 101 Å².